The molecule has 0 heterocycles. The Labute approximate surface area is 76.6 Å². The van der Waals surface area contributed by atoms with Gasteiger partial charge in [0.25, 0.3) is 0 Å². The van der Waals surface area contributed by atoms with Crippen LogP contribution in [0, 0.1) is 5.92 Å². The van der Waals surface area contributed by atoms with Crippen LogP contribution in [0.2, 0.25) is 0 Å². The van der Waals surface area contributed by atoms with Crippen LogP contribution in [0.5, 0.6) is 0 Å². The Balaban J connectivity index is 3.76. The van der Waals surface area contributed by atoms with Crippen molar-refractivity contribution in [1.29, 1.82) is 0 Å². The summed E-state index contributed by atoms with van der Waals surface area (Å²) in [6.45, 7) is 10.4. The molecule has 1 N–H and O–H groups in total. The van der Waals surface area contributed by atoms with Gasteiger partial charge in [-0.05, 0) is 26.4 Å². The summed E-state index contributed by atoms with van der Waals surface area (Å²) >= 11 is 0. The molecule has 2 heteroatoms. The molecule has 0 fully saturated rings. The first kappa shape index (κ1) is 11.5. The van der Waals surface area contributed by atoms with E-state index in [1.165, 1.54) is 6.42 Å². The molecule has 12 heavy (non-hydrogen) atoms. The monoisotopic (exact) mass is 170 g/mol. The Morgan fingerprint density at radius 3 is 2.50 bits per heavy atom. The number of nitrogens with zero attached hydrogens (tertiary/aromatic N) is 1. The lowest BCUT2D eigenvalue weighted by Crippen LogP contribution is -2.29. The van der Waals surface area contributed by atoms with Crippen molar-refractivity contribution in [3.8, 4) is 0 Å². The van der Waals surface area contributed by atoms with Gasteiger partial charge in [-0.3, -0.25) is 0 Å². The van der Waals surface area contributed by atoms with Gasteiger partial charge in [0.1, 0.15) is 0 Å². The van der Waals surface area contributed by atoms with E-state index in [0.29, 0.717) is 0 Å². The summed E-state index contributed by atoms with van der Waals surface area (Å²) in [4.78, 5) is 2.21. The van der Waals surface area contributed by atoms with Crippen molar-refractivity contribution in [2.24, 2.45) is 5.92 Å². The molecule has 1 unspecified atom stereocenters. The maximum Gasteiger partial charge on any atom is 0.0211 e. The summed E-state index contributed by atoms with van der Waals surface area (Å²) < 4.78 is 0. The van der Waals surface area contributed by atoms with Gasteiger partial charge >= 0.3 is 0 Å². The summed E-state index contributed by atoms with van der Waals surface area (Å²) in [5.74, 6) is 0.733. The lowest BCUT2D eigenvalue weighted by Gasteiger charge is -2.24. The molecule has 0 aliphatic rings. The van der Waals surface area contributed by atoms with E-state index >= 15 is 0 Å². The van der Waals surface area contributed by atoms with Gasteiger partial charge in [-0.25, -0.2) is 0 Å². The minimum Gasteiger partial charge on any atom is -0.378 e. The largest absolute Gasteiger partial charge is 0.378 e. The van der Waals surface area contributed by atoms with Gasteiger partial charge in [0.15, 0.2) is 0 Å². The van der Waals surface area contributed by atoms with E-state index in [1.54, 1.807) is 0 Å². The van der Waals surface area contributed by atoms with Crippen molar-refractivity contribution < 1.29 is 0 Å². The summed E-state index contributed by atoms with van der Waals surface area (Å²) in [7, 11) is 4.10. The predicted octanol–water partition coefficient (Wildman–Crippen LogP) is 1.70. The minimum absolute atomic E-state index is 0.733. The van der Waals surface area contributed by atoms with E-state index in [2.05, 4.69) is 30.8 Å². The lowest BCUT2D eigenvalue weighted by molar-refractivity contribution is 0.321. The molecule has 0 rings (SSSR count). The molecule has 1 atom stereocenters. The summed E-state index contributed by atoms with van der Waals surface area (Å²) in [6.07, 6.45) is 1.22. The van der Waals surface area contributed by atoms with Crippen LogP contribution < -0.4 is 5.32 Å². The molecule has 0 saturated heterocycles. The van der Waals surface area contributed by atoms with Crippen molar-refractivity contribution in [1.82, 2.24) is 10.2 Å². The smallest absolute Gasteiger partial charge is 0.0211 e. The quantitative estimate of drug-likeness (QED) is 0.652. The van der Waals surface area contributed by atoms with Crippen molar-refractivity contribution >= 4 is 0 Å². The van der Waals surface area contributed by atoms with Crippen molar-refractivity contribution in [3.63, 3.8) is 0 Å². The fraction of sp³-hybridized carbons (Fsp3) is 0.800. The standard InChI is InChI=1S/C10H22N2/c1-6-10(7-11-4)8-12(5)9(2)3/h10-11H,2,6-8H2,1,3-5H3. The molecule has 0 saturated carbocycles. The number of hydrogen-bond donors (Lipinski definition) is 1. The Bertz CT molecular complexity index is 132. The maximum atomic E-state index is 3.91. The van der Waals surface area contributed by atoms with Crippen LogP contribution in [0.4, 0.5) is 0 Å². The molecular formula is C10H22N2. The second kappa shape index (κ2) is 6.06. The second-order valence-corrected chi connectivity index (χ2v) is 3.45. The first-order valence-corrected chi connectivity index (χ1v) is 4.63. The summed E-state index contributed by atoms with van der Waals surface area (Å²) in [6, 6.07) is 0. The molecule has 2 nitrogen and oxygen atoms in total. The van der Waals surface area contributed by atoms with E-state index < -0.39 is 0 Å². The predicted molar refractivity (Wildman–Crippen MR) is 55.2 cm³/mol. The zero-order valence-corrected chi connectivity index (χ0v) is 8.85. The highest BCUT2D eigenvalue weighted by Gasteiger charge is 2.07. The fourth-order valence-corrected chi connectivity index (χ4v) is 1.17. The highest BCUT2D eigenvalue weighted by atomic mass is 15.1. The van der Waals surface area contributed by atoms with Crippen LogP contribution in [0.3, 0.4) is 0 Å². The van der Waals surface area contributed by atoms with Crippen molar-refractivity contribution in [2.45, 2.75) is 20.3 Å². The zero-order chi connectivity index (χ0) is 9.56. The number of rotatable bonds is 6. The van der Waals surface area contributed by atoms with E-state index in [0.717, 1.165) is 24.7 Å². The molecule has 0 amide bonds. The lowest BCUT2D eigenvalue weighted by atomic mass is 10.1. The van der Waals surface area contributed by atoms with E-state index in [4.69, 9.17) is 0 Å². The Hall–Kier alpha value is -0.500. The molecule has 0 aliphatic carbocycles. The van der Waals surface area contributed by atoms with Crippen molar-refractivity contribution in [3.05, 3.63) is 12.3 Å². The Morgan fingerprint density at radius 1 is 1.58 bits per heavy atom. The third-order valence-electron chi connectivity index (χ3n) is 2.25. The molecule has 0 aromatic carbocycles. The van der Waals surface area contributed by atoms with Crippen LogP contribution in [-0.2, 0) is 0 Å². The van der Waals surface area contributed by atoms with Gasteiger partial charge in [-0.2, -0.15) is 0 Å². The zero-order valence-electron chi connectivity index (χ0n) is 8.85. The first-order valence-electron chi connectivity index (χ1n) is 4.63. The van der Waals surface area contributed by atoms with Crippen LogP contribution in [0.1, 0.15) is 20.3 Å². The fourth-order valence-electron chi connectivity index (χ4n) is 1.17. The Morgan fingerprint density at radius 2 is 2.17 bits per heavy atom. The number of hydrogen-bond acceptors (Lipinski definition) is 2. The van der Waals surface area contributed by atoms with E-state index in [-0.39, 0.29) is 0 Å². The molecule has 0 spiro atoms. The first-order chi connectivity index (χ1) is 5.61. The number of nitrogens with one attached hydrogen (secondary N) is 1. The van der Waals surface area contributed by atoms with Gasteiger partial charge in [0.05, 0.1) is 0 Å². The van der Waals surface area contributed by atoms with Gasteiger partial charge in [0, 0.05) is 19.3 Å². The molecule has 72 valence electrons. The molecule has 0 bridgehead atoms. The van der Waals surface area contributed by atoms with E-state index in [1.807, 2.05) is 14.0 Å². The van der Waals surface area contributed by atoms with Gasteiger partial charge in [-0.15, -0.1) is 0 Å². The van der Waals surface area contributed by atoms with Crippen LogP contribution in [0.15, 0.2) is 12.3 Å². The second-order valence-electron chi connectivity index (χ2n) is 3.45. The third kappa shape index (κ3) is 4.39. The topological polar surface area (TPSA) is 15.3 Å². The molecule has 0 radical (unpaired) electrons. The minimum atomic E-state index is 0.733. The van der Waals surface area contributed by atoms with Crippen LogP contribution in [-0.4, -0.2) is 32.1 Å². The maximum absolute atomic E-state index is 3.91. The SMILES string of the molecule is C=C(C)N(C)CC(CC)CNC. The molecule has 0 aromatic rings. The highest BCUT2D eigenvalue weighted by molar-refractivity contribution is 4.87. The Kier molecular flexibility index (Phi) is 5.81. The average molecular weight is 170 g/mol. The van der Waals surface area contributed by atoms with Gasteiger partial charge in [0.2, 0.25) is 0 Å². The van der Waals surface area contributed by atoms with E-state index in [9.17, 15) is 0 Å². The van der Waals surface area contributed by atoms with Crippen molar-refractivity contribution in [2.75, 3.05) is 27.2 Å². The molecule has 0 aliphatic heterocycles. The number of allylic oxidation sites excluding steroid dienone is 1. The summed E-state index contributed by atoms with van der Waals surface area (Å²) in [5, 5.41) is 3.21. The average Bonchev–Trinajstić information content (AvgIpc) is 2.03. The normalized spacial score (nSPS) is 12.7. The van der Waals surface area contributed by atoms with Gasteiger partial charge < -0.3 is 10.2 Å². The van der Waals surface area contributed by atoms with Crippen LogP contribution in [0.25, 0.3) is 0 Å². The van der Waals surface area contributed by atoms with Crippen LogP contribution >= 0.6 is 0 Å². The van der Waals surface area contributed by atoms with Gasteiger partial charge in [-0.1, -0.05) is 19.9 Å². The summed E-state index contributed by atoms with van der Waals surface area (Å²) in [5.41, 5.74) is 1.14. The third-order valence-corrected chi connectivity index (χ3v) is 2.25. The highest BCUT2D eigenvalue weighted by Crippen LogP contribution is 2.06. The molecule has 0 aromatic heterocycles. The molecular weight excluding hydrogens is 148 g/mol.